The average Bonchev–Trinajstić information content (AvgIpc) is 3.47. The lowest BCUT2D eigenvalue weighted by Crippen LogP contribution is -2.35. The van der Waals surface area contributed by atoms with E-state index in [0.717, 1.165) is 70.5 Å². The molecule has 0 atom stereocenters. The van der Waals surface area contributed by atoms with Crippen LogP contribution in [0.5, 0.6) is 0 Å². The number of carbonyl (C=O) groups is 1. The Bertz CT molecular complexity index is 1970. The maximum Gasteiger partial charge on any atom is 0.254 e. The number of carbonyl (C=O) groups excluding carboxylic acids is 1. The molecule has 6 nitrogen and oxygen atoms in total. The predicted molar refractivity (Wildman–Crippen MR) is 171 cm³/mol. The van der Waals surface area contributed by atoms with Gasteiger partial charge in [0.2, 0.25) is 0 Å². The molecular formula is C37H33N5O. The highest BCUT2D eigenvalue weighted by molar-refractivity contribution is 5.98. The average molecular weight is 564 g/mol. The molecule has 8 rings (SSSR count). The van der Waals surface area contributed by atoms with Gasteiger partial charge in [-0.15, -0.1) is 0 Å². The predicted octanol–water partition coefficient (Wildman–Crippen LogP) is 8.02. The van der Waals surface area contributed by atoms with E-state index >= 15 is 0 Å². The topological polar surface area (TPSA) is 63.9 Å². The molecule has 1 amide bonds. The van der Waals surface area contributed by atoms with Crippen molar-refractivity contribution >= 4 is 28.0 Å². The highest BCUT2D eigenvalue weighted by Gasteiger charge is 2.25. The van der Waals surface area contributed by atoms with E-state index in [-0.39, 0.29) is 5.91 Å². The minimum absolute atomic E-state index is 0.0698. The smallest absolute Gasteiger partial charge is 0.254 e. The summed E-state index contributed by atoms with van der Waals surface area (Å²) >= 11 is 0. The summed E-state index contributed by atoms with van der Waals surface area (Å²) in [6, 6.07) is 31.3. The number of benzene rings is 4. The van der Waals surface area contributed by atoms with Gasteiger partial charge in [0.15, 0.2) is 0 Å². The first-order valence-electron chi connectivity index (χ1n) is 15.4. The van der Waals surface area contributed by atoms with Crippen LogP contribution in [0, 0.1) is 0 Å². The molecule has 0 saturated heterocycles. The Morgan fingerprint density at radius 2 is 1.53 bits per heavy atom. The number of hydrogen-bond acceptors (Lipinski definition) is 4. The van der Waals surface area contributed by atoms with Crippen LogP contribution in [0.25, 0.3) is 44.7 Å². The maximum absolute atomic E-state index is 13.7. The first-order chi connectivity index (χ1) is 21.2. The third-order valence-corrected chi connectivity index (χ3v) is 9.16. The quantitative estimate of drug-likeness (QED) is 0.218. The molecule has 2 aliphatic rings. The first-order valence-corrected chi connectivity index (χ1v) is 15.4. The van der Waals surface area contributed by atoms with Crippen LogP contribution < -0.4 is 0 Å². The van der Waals surface area contributed by atoms with Crippen molar-refractivity contribution in [1.29, 1.82) is 0 Å². The molecule has 0 bridgehead atoms. The third-order valence-electron chi connectivity index (χ3n) is 9.16. The van der Waals surface area contributed by atoms with Gasteiger partial charge in [0.05, 0.1) is 34.0 Å². The highest BCUT2D eigenvalue weighted by Crippen LogP contribution is 2.37. The Labute approximate surface area is 251 Å². The fourth-order valence-corrected chi connectivity index (χ4v) is 6.89. The van der Waals surface area contributed by atoms with Crippen molar-refractivity contribution in [1.82, 2.24) is 24.4 Å². The van der Waals surface area contributed by atoms with Gasteiger partial charge in [0.25, 0.3) is 5.91 Å². The summed E-state index contributed by atoms with van der Waals surface area (Å²) in [5.74, 6) is 1.01. The molecule has 0 unspecified atom stereocenters. The van der Waals surface area contributed by atoms with Crippen molar-refractivity contribution in [3.8, 4) is 22.6 Å². The van der Waals surface area contributed by atoms with Gasteiger partial charge in [-0.25, -0.2) is 9.97 Å². The second kappa shape index (κ2) is 10.8. The standard InChI is InChI=1S/C37H33N5O/c43-37(41-20-19-25-9-7-8-12-29(25)24-41)28-16-18-35-33(22-28)40-36(42(35)30-13-5-2-6-14-30)27-15-17-31-32(21-27)38-23-34(39-31)26-10-3-1-4-11-26/h1,3-4,7-12,15-18,21-23,30H,2,5-6,13-14,19-20,24H2. The molecule has 1 aliphatic carbocycles. The minimum Gasteiger partial charge on any atom is -0.334 e. The molecule has 1 saturated carbocycles. The summed E-state index contributed by atoms with van der Waals surface area (Å²) in [6.45, 7) is 1.39. The van der Waals surface area contributed by atoms with E-state index in [4.69, 9.17) is 15.0 Å². The number of imidazole rings is 1. The number of aromatic nitrogens is 4. The van der Waals surface area contributed by atoms with Crippen LogP contribution in [0.2, 0.25) is 0 Å². The van der Waals surface area contributed by atoms with Crippen LogP contribution >= 0.6 is 0 Å². The molecule has 4 aromatic carbocycles. The molecule has 0 radical (unpaired) electrons. The van der Waals surface area contributed by atoms with E-state index in [1.54, 1.807) is 0 Å². The van der Waals surface area contributed by atoms with Crippen LogP contribution in [-0.4, -0.2) is 36.9 Å². The van der Waals surface area contributed by atoms with Crippen LogP contribution in [0.15, 0.2) is 97.2 Å². The molecule has 1 aliphatic heterocycles. The first kappa shape index (κ1) is 25.8. The number of nitrogens with zero attached hydrogens (tertiary/aromatic N) is 5. The Morgan fingerprint density at radius 1 is 0.721 bits per heavy atom. The lowest BCUT2D eigenvalue weighted by atomic mass is 9.94. The Kier molecular flexibility index (Phi) is 6.47. The van der Waals surface area contributed by atoms with Crippen LogP contribution in [0.4, 0.5) is 0 Å². The van der Waals surface area contributed by atoms with Gasteiger partial charge < -0.3 is 9.47 Å². The van der Waals surface area contributed by atoms with Gasteiger partial charge in [0.1, 0.15) is 5.82 Å². The maximum atomic E-state index is 13.7. The van der Waals surface area contributed by atoms with E-state index in [2.05, 4.69) is 65.2 Å². The lowest BCUT2D eigenvalue weighted by molar-refractivity contribution is 0.0735. The van der Waals surface area contributed by atoms with Gasteiger partial charge in [0, 0.05) is 35.8 Å². The summed E-state index contributed by atoms with van der Waals surface area (Å²) in [7, 11) is 0. The molecule has 212 valence electrons. The lowest BCUT2D eigenvalue weighted by Gasteiger charge is -2.29. The Balaban J connectivity index is 1.18. The zero-order valence-corrected chi connectivity index (χ0v) is 24.1. The van der Waals surface area contributed by atoms with E-state index in [9.17, 15) is 4.79 Å². The van der Waals surface area contributed by atoms with E-state index in [1.165, 1.54) is 30.4 Å². The number of amides is 1. The highest BCUT2D eigenvalue weighted by atomic mass is 16.2. The summed E-state index contributed by atoms with van der Waals surface area (Å²) in [4.78, 5) is 30.5. The zero-order valence-electron chi connectivity index (χ0n) is 24.1. The summed E-state index contributed by atoms with van der Waals surface area (Å²) in [5, 5.41) is 0. The molecule has 2 aromatic heterocycles. The van der Waals surface area contributed by atoms with Gasteiger partial charge in [-0.05, 0) is 66.8 Å². The van der Waals surface area contributed by atoms with Gasteiger partial charge in [-0.1, -0.05) is 73.9 Å². The van der Waals surface area contributed by atoms with E-state index in [0.29, 0.717) is 18.2 Å². The van der Waals surface area contributed by atoms with Crippen molar-refractivity contribution in [3.05, 3.63) is 114 Å². The van der Waals surface area contributed by atoms with Crippen molar-refractivity contribution < 1.29 is 4.79 Å². The molecule has 0 N–H and O–H groups in total. The second-order valence-electron chi connectivity index (χ2n) is 11.9. The molecule has 0 spiro atoms. The molecule has 1 fully saturated rings. The normalized spacial score (nSPS) is 15.6. The van der Waals surface area contributed by atoms with Gasteiger partial charge in [-0.2, -0.15) is 0 Å². The van der Waals surface area contributed by atoms with Crippen molar-refractivity contribution in [2.75, 3.05) is 6.54 Å². The van der Waals surface area contributed by atoms with Crippen LogP contribution in [0.1, 0.15) is 59.6 Å². The monoisotopic (exact) mass is 563 g/mol. The van der Waals surface area contributed by atoms with Crippen molar-refractivity contribution in [2.24, 2.45) is 0 Å². The van der Waals surface area contributed by atoms with Crippen LogP contribution in [-0.2, 0) is 13.0 Å². The molecule has 6 heteroatoms. The number of fused-ring (bicyclic) bond motifs is 3. The molecule has 3 heterocycles. The Hall–Kier alpha value is -4.84. The van der Waals surface area contributed by atoms with E-state index in [1.807, 2.05) is 41.4 Å². The summed E-state index contributed by atoms with van der Waals surface area (Å²) in [5.41, 5.74) is 9.89. The fourth-order valence-electron chi connectivity index (χ4n) is 6.89. The van der Waals surface area contributed by atoms with E-state index < -0.39 is 0 Å². The fraction of sp³-hybridized carbons (Fsp3) is 0.243. The SMILES string of the molecule is O=C(c1ccc2c(c1)nc(-c1ccc3nc(-c4ccccc4)cnc3c1)n2C1CCCCC1)N1CCc2ccccc2C1. The molecule has 6 aromatic rings. The molecule has 43 heavy (non-hydrogen) atoms. The number of hydrogen-bond donors (Lipinski definition) is 0. The summed E-state index contributed by atoms with van der Waals surface area (Å²) in [6.07, 6.45) is 8.75. The minimum atomic E-state index is 0.0698. The van der Waals surface area contributed by atoms with Crippen molar-refractivity contribution in [3.63, 3.8) is 0 Å². The molecular weight excluding hydrogens is 530 g/mol. The third kappa shape index (κ3) is 4.77. The number of rotatable bonds is 4. The van der Waals surface area contributed by atoms with Gasteiger partial charge >= 0.3 is 0 Å². The van der Waals surface area contributed by atoms with Crippen molar-refractivity contribution in [2.45, 2.75) is 51.1 Å². The zero-order chi connectivity index (χ0) is 28.8. The van der Waals surface area contributed by atoms with Crippen LogP contribution in [0.3, 0.4) is 0 Å². The largest absolute Gasteiger partial charge is 0.334 e. The second-order valence-corrected chi connectivity index (χ2v) is 11.9. The van der Waals surface area contributed by atoms with Gasteiger partial charge in [-0.3, -0.25) is 9.78 Å². The Morgan fingerprint density at radius 3 is 2.40 bits per heavy atom. The summed E-state index contributed by atoms with van der Waals surface area (Å²) < 4.78 is 2.42.